The number of hydrogen-bond acceptors (Lipinski definition) is 5. The van der Waals surface area contributed by atoms with E-state index in [1.807, 2.05) is 12.1 Å². The lowest BCUT2D eigenvalue weighted by Gasteiger charge is -2.07. The Labute approximate surface area is 148 Å². The molecule has 0 aromatic carbocycles. The van der Waals surface area contributed by atoms with E-state index in [0.29, 0.717) is 17.7 Å². The Morgan fingerprint density at radius 1 is 0.880 bits per heavy atom. The maximum absolute atomic E-state index is 12.6. The van der Waals surface area contributed by atoms with Crippen molar-refractivity contribution >= 4 is 11.9 Å². The number of ether oxygens (including phenoxy) is 3. The molecule has 0 saturated heterocycles. The molecule has 134 valence electrons. The van der Waals surface area contributed by atoms with Crippen molar-refractivity contribution in [2.75, 3.05) is 20.3 Å². The van der Waals surface area contributed by atoms with E-state index in [2.05, 4.69) is 6.92 Å². The van der Waals surface area contributed by atoms with Gasteiger partial charge in [-0.3, -0.25) is 0 Å². The lowest BCUT2D eigenvalue weighted by molar-refractivity contribution is 0.0496. The van der Waals surface area contributed by atoms with Gasteiger partial charge >= 0.3 is 11.9 Å². The summed E-state index contributed by atoms with van der Waals surface area (Å²) in [6, 6.07) is 9.00. The summed E-state index contributed by atoms with van der Waals surface area (Å²) in [6.07, 6.45) is 2.85. The number of methoxy groups -OCH3 is 1. The van der Waals surface area contributed by atoms with Gasteiger partial charge in [0.2, 0.25) is 0 Å². The van der Waals surface area contributed by atoms with E-state index in [1.165, 1.54) is 7.11 Å². The van der Waals surface area contributed by atoms with Gasteiger partial charge in [0.15, 0.2) is 0 Å². The van der Waals surface area contributed by atoms with Crippen molar-refractivity contribution in [3.05, 3.63) is 41.5 Å². The van der Waals surface area contributed by atoms with Gasteiger partial charge in [-0.1, -0.05) is 50.1 Å². The minimum absolute atomic E-state index is 0.208. The highest BCUT2D eigenvalue weighted by Crippen LogP contribution is 2.42. The van der Waals surface area contributed by atoms with E-state index in [1.54, 1.807) is 25.1 Å². The molecular weight excluding hydrogens is 320 g/mol. The molecule has 0 atom stereocenters. The molecule has 25 heavy (non-hydrogen) atoms. The summed E-state index contributed by atoms with van der Waals surface area (Å²) < 4.78 is 15.9. The van der Waals surface area contributed by atoms with E-state index in [0.717, 1.165) is 19.3 Å². The minimum Gasteiger partial charge on any atom is -0.495 e. The Bertz CT molecular complexity index is 707. The predicted octanol–water partition coefficient (Wildman–Crippen LogP) is 4.32. The van der Waals surface area contributed by atoms with Crippen LogP contribution in [0.4, 0.5) is 0 Å². The number of fused-ring (bicyclic) bond motifs is 1. The molecule has 5 heteroatoms. The van der Waals surface area contributed by atoms with Crippen molar-refractivity contribution in [3.63, 3.8) is 0 Å². The highest BCUT2D eigenvalue weighted by atomic mass is 16.5. The zero-order valence-electron chi connectivity index (χ0n) is 15.0. The van der Waals surface area contributed by atoms with Crippen LogP contribution in [-0.4, -0.2) is 32.3 Å². The van der Waals surface area contributed by atoms with Crippen LogP contribution < -0.4 is 4.74 Å². The van der Waals surface area contributed by atoms with Gasteiger partial charge < -0.3 is 14.2 Å². The van der Waals surface area contributed by atoms with Gasteiger partial charge in [-0.25, -0.2) is 9.59 Å². The van der Waals surface area contributed by atoms with Gasteiger partial charge in [-0.05, 0) is 13.3 Å². The second kappa shape index (κ2) is 9.06. The lowest BCUT2D eigenvalue weighted by atomic mass is 10.1. The Morgan fingerprint density at radius 2 is 1.48 bits per heavy atom. The average molecular weight is 344 g/mol. The summed E-state index contributed by atoms with van der Waals surface area (Å²) in [5, 5.41) is 0. The van der Waals surface area contributed by atoms with Gasteiger partial charge in [0.05, 0.1) is 20.3 Å². The predicted molar refractivity (Wildman–Crippen MR) is 95.4 cm³/mol. The zero-order chi connectivity index (χ0) is 18.2. The monoisotopic (exact) mass is 344 g/mol. The SMILES string of the molecule is CCCCCOC(=O)c1c2cccccc-2c(C(=O)OCC)c1OC. The summed E-state index contributed by atoms with van der Waals surface area (Å²) in [6.45, 7) is 4.40. The van der Waals surface area contributed by atoms with Crippen molar-refractivity contribution in [2.45, 2.75) is 33.1 Å². The van der Waals surface area contributed by atoms with Crippen LogP contribution >= 0.6 is 0 Å². The molecule has 0 bridgehead atoms. The fourth-order valence-electron chi connectivity index (χ4n) is 2.75. The van der Waals surface area contributed by atoms with Crippen LogP contribution in [0, 0.1) is 0 Å². The molecular formula is C20H24O5. The summed E-state index contributed by atoms with van der Waals surface area (Å²) in [5.74, 6) is -0.791. The lowest BCUT2D eigenvalue weighted by Crippen LogP contribution is -2.09. The average Bonchev–Trinajstić information content (AvgIpc) is 2.74. The normalized spacial score (nSPS) is 10.5. The molecule has 0 fully saturated rings. The van der Waals surface area contributed by atoms with E-state index >= 15 is 0 Å². The molecule has 0 spiro atoms. The van der Waals surface area contributed by atoms with Crippen LogP contribution in [0.15, 0.2) is 30.3 Å². The maximum Gasteiger partial charge on any atom is 0.342 e. The first kappa shape index (κ1) is 18.8. The van der Waals surface area contributed by atoms with Crippen LogP contribution in [-0.2, 0) is 9.47 Å². The molecule has 0 saturated carbocycles. The molecule has 0 heterocycles. The number of hydrogen-bond donors (Lipinski definition) is 0. The Hall–Kier alpha value is -2.56. The number of esters is 2. The molecule has 0 unspecified atom stereocenters. The maximum atomic E-state index is 12.6. The highest BCUT2D eigenvalue weighted by molar-refractivity contribution is 6.12. The third kappa shape index (κ3) is 4.10. The van der Waals surface area contributed by atoms with Crippen molar-refractivity contribution < 1.29 is 23.8 Å². The fraction of sp³-hybridized carbons (Fsp3) is 0.400. The van der Waals surface area contributed by atoms with Crippen LogP contribution in [0.5, 0.6) is 5.75 Å². The summed E-state index contributed by atoms with van der Waals surface area (Å²) in [7, 11) is 1.44. The standard InChI is InChI=1S/C20H24O5/c1-4-6-10-13-25-20(22)17-15-12-9-7-8-11-14(15)16(18(17)23-3)19(21)24-5-2/h7-9,11-12H,4-6,10,13H2,1-3H3. The Kier molecular flexibility index (Phi) is 6.81. The second-order valence-corrected chi connectivity index (χ2v) is 5.58. The number of carbonyl (C=O) groups is 2. The Balaban J connectivity index is 2.48. The molecule has 2 aliphatic carbocycles. The van der Waals surface area contributed by atoms with E-state index in [4.69, 9.17) is 14.2 Å². The number of unbranched alkanes of at least 4 members (excludes halogenated alkanes) is 2. The first-order valence-electron chi connectivity index (χ1n) is 8.58. The minimum atomic E-state index is -0.513. The summed E-state index contributed by atoms with van der Waals surface area (Å²) in [5.41, 5.74) is 1.76. The molecule has 0 aromatic rings. The topological polar surface area (TPSA) is 61.8 Å². The van der Waals surface area contributed by atoms with Crippen LogP contribution in [0.1, 0.15) is 53.8 Å². The smallest absolute Gasteiger partial charge is 0.342 e. The van der Waals surface area contributed by atoms with Crippen molar-refractivity contribution in [3.8, 4) is 16.9 Å². The van der Waals surface area contributed by atoms with Gasteiger partial charge in [-0.2, -0.15) is 0 Å². The van der Waals surface area contributed by atoms with Crippen molar-refractivity contribution in [2.24, 2.45) is 0 Å². The summed E-state index contributed by atoms with van der Waals surface area (Å²) in [4.78, 5) is 25.1. The fourth-order valence-corrected chi connectivity index (χ4v) is 2.75. The third-order valence-corrected chi connectivity index (χ3v) is 3.90. The molecule has 0 radical (unpaired) electrons. The highest BCUT2D eigenvalue weighted by Gasteiger charge is 2.32. The van der Waals surface area contributed by atoms with Crippen molar-refractivity contribution in [1.29, 1.82) is 0 Å². The van der Waals surface area contributed by atoms with Crippen LogP contribution in [0.25, 0.3) is 11.1 Å². The van der Waals surface area contributed by atoms with Gasteiger partial charge in [-0.15, -0.1) is 0 Å². The first-order chi connectivity index (χ1) is 12.2. The van der Waals surface area contributed by atoms with E-state index in [9.17, 15) is 9.59 Å². The molecule has 0 N–H and O–H groups in total. The quantitative estimate of drug-likeness (QED) is 0.527. The van der Waals surface area contributed by atoms with E-state index in [-0.39, 0.29) is 23.5 Å². The van der Waals surface area contributed by atoms with Crippen LogP contribution in [0.2, 0.25) is 0 Å². The molecule has 0 aromatic heterocycles. The van der Waals surface area contributed by atoms with E-state index < -0.39 is 11.9 Å². The van der Waals surface area contributed by atoms with Gasteiger partial charge in [0, 0.05) is 11.1 Å². The first-order valence-corrected chi connectivity index (χ1v) is 8.58. The molecule has 0 aliphatic heterocycles. The Morgan fingerprint density at radius 3 is 2.00 bits per heavy atom. The molecule has 2 aliphatic rings. The third-order valence-electron chi connectivity index (χ3n) is 3.90. The second-order valence-electron chi connectivity index (χ2n) is 5.58. The molecule has 5 nitrogen and oxygen atoms in total. The summed E-state index contributed by atoms with van der Waals surface area (Å²) >= 11 is 0. The van der Waals surface area contributed by atoms with Crippen molar-refractivity contribution in [1.82, 2.24) is 0 Å². The largest absolute Gasteiger partial charge is 0.495 e. The number of carbonyl (C=O) groups excluding carboxylic acids is 2. The van der Waals surface area contributed by atoms with Crippen LogP contribution in [0.3, 0.4) is 0 Å². The van der Waals surface area contributed by atoms with Gasteiger partial charge in [0.1, 0.15) is 16.9 Å². The molecule has 0 amide bonds. The molecule has 2 rings (SSSR count). The zero-order valence-corrected chi connectivity index (χ0v) is 15.0. The number of rotatable bonds is 8. The van der Waals surface area contributed by atoms with Gasteiger partial charge in [0.25, 0.3) is 0 Å².